The molecule has 22 heavy (non-hydrogen) atoms. The molecule has 1 aliphatic carbocycles. The van der Waals surface area contributed by atoms with E-state index in [9.17, 15) is 5.11 Å². The minimum absolute atomic E-state index is 0.319. The zero-order valence-corrected chi connectivity index (χ0v) is 14.1. The molecule has 1 saturated carbocycles. The van der Waals surface area contributed by atoms with Gasteiger partial charge in [0.05, 0.1) is 19.8 Å². The first-order chi connectivity index (χ1) is 10.6. The van der Waals surface area contributed by atoms with Crippen molar-refractivity contribution >= 4 is 0 Å². The van der Waals surface area contributed by atoms with Gasteiger partial charge < -0.3 is 14.7 Å². The van der Waals surface area contributed by atoms with Crippen LogP contribution in [0.1, 0.15) is 39.0 Å². The third-order valence-electron chi connectivity index (χ3n) is 5.88. The van der Waals surface area contributed by atoms with Crippen molar-refractivity contribution in [3.63, 3.8) is 0 Å². The van der Waals surface area contributed by atoms with Crippen LogP contribution in [0.25, 0.3) is 0 Å². The third-order valence-corrected chi connectivity index (χ3v) is 5.88. The molecule has 3 fully saturated rings. The van der Waals surface area contributed by atoms with Crippen molar-refractivity contribution in [1.29, 1.82) is 0 Å². The first-order valence-corrected chi connectivity index (χ1v) is 8.84. The average Bonchev–Trinajstić information content (AvgIpc) is 2.54. The van der Waals surface area contributed by atoms with Gasteiger partial charge in [0.25, 0.3) is 0 Å². The highest BCUT2D eigenvalue weighted by Crippen LogP contribution is 2.42. The first-order valence-electron chi connectivity index (χ1n) is 8.84. The van der Waals surface area contributed by atoms with Gasteiger partial charge in [0.15, 0.2) is 0 Å². The summed E-state index contributed by atoms with van der Waals surface area (Å²) >= 11 is 0. The molecule has 1 N–H and O–H groups in total. The molecule has 0 radical (unpaired) electrons. The van der Waals surface area contributed by atoms with Crippen molar-refractivity contribution in [2.45, 2.75) is 56.7 Å². The van der Waals surface area contributed by atoms with Gasteiger partial charge in [0.1, 0.15) is 5.60 Å². The van der Waals surface area contributed by atoms with Gasteiger partial charge >= 0.3 is 0 Å². The molecule has 0 amide bonds. The van der Waals surface area contributed by atoms with Gasteiger partial charge in [-0.3, -0.25) is 4.90 Å². The minimum atomic E-state index is -0.788. The second-order valence-corrected chi connectivity index (χ2v) is 7.29. The molecule has 0 aromatic heterocycles. The monoisotopic (exact) mass is 306 g/mol. The Morgan fingerprint density at radius 3 is 2.73 bits per heavy atom. The Balaban J connectivity index is 1.69. The largest absolute Gasteiger partial charge is 0.379 e. The average molecular weight is 306 g/mol. The highest BCUT2D eigenvalue weighted by molar-refractivity contribution is 5.21. The number of nitrogens with zero attached hydrogens (tertiary/aromatic N) is 2. The fourth-order valence-electron chi connectivity index (χ4n) is 4.44. The second-order valence-electron chi connectivity index (χ2n) is 7.29. The Morgan fingerprint density at radius 1 is 1.23 bits per heavy atom. The number of fused-ring (bicyclic) bond motifs is 1. The minimum Gasteiger partial charge on any atom is -0.379 e. The summed E-state index contributed by atoms with van der Waals surface area (Å²) < 4.78 is 5.37. The molecule has 3 aliphatic rings. The smallest absolute Gasteiger partial charge is 0.131 e. The van der Waals surface area contributed by atoms with E-state index in [4.69, 9.17) is 4.74 Å². The lowest BCUT2D eigenvalue weighted by Crippen LogP contribution is -2.60. The molecule has 4 atom stereocenters. The zero-order chi connectivity index (χ0) is 15.6. The lowest BCUT2D eigenvalue weighted by Gasteiger charge is -2.52. The van der Waals surface area contributed by atoms with Crippen molar-refractivity contribution in [2.24, 2.45) is 5.92 Å². The van der Waals surface area contributed by atoms with Gasteiger partial charge in [-0.1, -0.05) is 24.7 Å². The Labute approximate surface area is 134 Å². The molecule has 0 aromatic carbocycles. The SMILES string of the molecule is C[C@@H]1C[C@](O)(C#CCN2CCOCC2)[C@H]2CCCC[C@@H]2N1C. The summed E-state index contributed by atoms with van der Waals surface area (Å²) in [5.41, 5.74) is -0.788. The standard InChI is InChI=1S/C18H30N2O2/c1-15-14-18(21,8-5-9-20-10-12-22-13-11-20)16-6-3-4-7-17(16)19(15)2/h15-17,21H,3-4,6-7,9-14H2,1-2H3/t15-,16+,17+,18-/m1/s1. The fourth-order valence-corrected chi connectivity index (χ4v) is 4.44. The molecule has 0 spiro atoms. The van der Waals surface area contributed by atoms with Crippen LogP contribution in [0.4, 0.5) is 0 Å². The fraction of sp³-hybridized carbons (Fsp3) is 0.889. The summed E-state index contributed by atoms with van der Waals surface area (Å²) in [5, 5.41) is 11.2. The summed E-state index contributed by atoms with van der Waals surface area (Å²) in [6.07, 6.45) is 5.62. The van der Waals surface area contributed by atoms with Crippen LogP contribution in [0, 0.1) is 17.8 Å². The van der Waals surface area contributed by atoms with Crippen molar-refractivity contribution < 1.29 is 9.84 Å². The van der Waals surface area contributed by atoms with E-state index in [2.05, 4.69) is 35.6 Å². The molecule has 2 heterocycles. The van der Waals surface area contributed by atoms with Crippen LogP contribution in [0.5, 0.6) is 0 Å². The molecule has 4 heteroatoms. The van der Waals surface area contributed by atoms with Crippen LogP contribution in [0.3, 0.4) is 0 Å². The van der Waals surface area contributed by atoms with Crippen molar-refractivity contribution in [3.8, 4) is 11.8 Å². The van der Waals surface area contributed by atoms with Crippen LogP contribution in [0.15, 0.2) is 0 Å². The summed E-state index contributed by atoms with van der Waals surface area (Å²) in [6.45, 7) is 6.50. The van der Waals surface area contributed by atoms with Crippen LogP contribution in [-0.2, 0) is 4.74 Å². The van der Waals surface area contributed by atoms with Gasteiger partial charge in [-0.15, -0.1) is 0 Å². The molecule has 0 aromatic rings. The predicted molar refractivity (Wildman–Crippen MR) is 87.6 cm³/mol. The Hall–Kier alpha value is -0.600. The summed E-state index contributed by atoms with van der Waals surface area (Å²) in [6, 6.07) is 0.905. The number of hydrogen-bond acceptors (Lipinski definition) is 4. The van der Waals surface area contributed by atoms with Crippen LogP contribution in [-0.4, -0.2) is 72.5 Å². The zero-order valence-electron chi connectivity index (χ0n) is 14.1. The number of rotatable bonds is 1. The van der Waals surface area contributed by atoms with E-state index in [0.29, 0.717) is 18.0 Å². The third kappa shape index (κ3) is 3.33. The van der Waals surface area contributed by atoms with E-state index in [0.717, 1.165) is 45.7 Å². The highest BCUT2D eigenvalue weighted by atomic mass is 16.5. The number of likely N-dealkylation sites (tertiary alicyclic amines) is 1. The first kappa shape index (κ1) is 16.3. The summed E-state index contributed by atoms with van der Waals surface area (Å²) in [5.74, 6) is 6.90. The number of aliphatic hydroxyl groups is 1. The number of morpholine rings is 1. The molecular formula is C18H30N2O2. The molecule has 0 bridgehead atoms. The maximum atomic E-state index is 11.2. The summed E-state index contributed by atoms with van der Waals surface area (Å²) in [7, 11) is 2.22. The van der Waals surface area contributed by atoms with Crippen LogP contribution < -0.4 is 0 Å². The highest BCUT2D eigenvalue weighted by Gasteiger charge is 2.48. The van der Waals surface area contributed by atoms with E-state index in [1.165, 1.54) is 19.3 Å². The number of hydrogen-bond donors (Lipinski definition) is 1. The molecule has 3 rings (SSSR count). The van der Waals surface area contributed by atoms with Crippen LogP contribution >= 0.6 is 0 Å². The quantitative estimate of drug-likeness (QED) is 0.742. The van der Waals surface area contributed by atoms with E-state index in [-0.39, 0.29) is 0 Å². The maximum Gasteiger partial charge on any atom is 0.131 e. The Bertz CT molecular complexity index is 438. The normalized spacial score (nSPS) is 40.6. The Morgan fingerprint density at radius 2 is 1.95 bits per heavy atom. The topological polar surface area (TPSA) is 35.9 Å². The van der Waals surface area contributed by atoms with Gasteiger partial charge in [-0.05, 0) is 26.8 Å². The maximum absolute atomic E-state index is 11.2. The van der Waals surface area contributed by atoms with Gasteiger partial charge in [-0.25, -0.2) is 0 Å². The van der Waals surface area contributed by atoms with Gasteiger partial charge in [-0.2, -0.15) is 0 Å². The van der Waals surface area contributed by atoms with E-state index in [1.54, 1.807) is 0 Å². The Kier molecular flexibility index (Phi) is 5.09. The van der Waals surface area contributed by atoms with Gasteiger partial charge in [0.2, 0.25) is 0 Å². The van der Waals surface area contributed by atoms with Crippen molar-refractivity contribution in [1.82, 2.24) is 9.80 Å². The van der Waals surface area contributed by atoms with E-state index in [1.807, 2.05) is 0 Å². The lowest BCUT2D eigenvalue weighted by atomic mass is 9.67. The van der Waals surface area contributed by atoms with Crippen molar-refractivity contribution in [3.05, 3.63) is 0 Å². The lowest BCUT2D eigenvalue weighted by molar-refractivity contribution is -0.0914. The number of ether oxygens (including phenoxy) is 1. The van der Waals surface area contributed by atoms with E-state index >= 15 is 0 Å². The van der Waals surface area contributed by atoms with E-state index < -0.39 is 5.60 Å². The van der Waals surface area contributed by atoms with Gasteiger partial charge in [0, 0.05) is 37.5 Å². The molecule has 4 nitrogen and oxygen atoms in total. The molecule has 0 unspecified atom stereocenters. The molecule has 124 valence electrons. The molecular weight excluding hydrogens is 276 g/mol. The van der Waals surface area contributed by atoms with Crippen LogP contribution in [0.2, 0.25) is 0 Å². The predicted octanol–water partition coefficient (Wildman–Crippen LogP) is 1.34. The summed E-state index contributed by atoms with van der Waals surface area (Å²) in [4.78, 5) is 4.79. The molecule has 2 aliphatic heterocycles. The van der Waals surface area contributed by atoms with Crippen molar-refractivity contribution in [2.75, 3.05) is 39.9 Å². The second kappa shape index (κ2) is 6.88. The molecule has 2 saturated heterocycles. The number of piperidine rings is 1.